The minimum absolute atomic E-state index is 0.238. The van der Waals surface area contributed by atoms with Crippen LogP contribution in [0, 0.1) is 0 Å². The van der Waals surface area contributed by atoms with Crippen molar-refractivity contribution < 1.29 is 8.42 Å². The van der Waals surface area contributed by atoms with E-state index in [1.807, 2.05) is 48.7 Å². The van der Waals surface area contributed by atoms with Gasteiger partial charge in [-0.05, 0) is 48.2 Å². The van der Waals surface area contributed by atoms with Crippen molar-refractivity contribution in [3.8, 4) is 11.1 Å². The van der Waals surface area contributed by atoms with Crippen LogP contribution in [-0.2, 0) is 16.4 Å². The Bertz CT molecular complexity index is 1250. The quantitative estimate of drug-likeness (QED) is 0.390. The Balaban J connectivity index is 1.43. The largest absolute Gasteiger partial charge is 0.361 e. The number of H-pyrrole nitrogens is 1. The van der Waals surface area contributed by atoms with Gasteiger partial charge in [-0.15, -0.1) is 0 Å². The summed E-state index contributed by atoms with van der Waals surface area (Å²) in [5.41, 5.74) is 3.88. The Hall–Kier alpha value is -2.60. The van der Waals surface area contributed by atoms with E-state index < -0.39 is 10.0 Å². The van der Waals surface area contributed by atoms with Crippen molar-refractivity contribution in [2.24, 2.45) is 0 Å². The number of aryl methyl sites for hydroxylation is 1. The molecule has 0 aliphatic carbocycles. The summed E-state index contributed by atoms with van der Waals surface area (Å²) in [7, 11) is -3.59. The van der Waals surface area contributed by atoms with Gasteiger partial charge in [0.25, 0.3) is 0 Å². The molecule has 0 radical (unpaired) electrons. The maximum Gasteiger partial charge on any atom is 0.240 e. The highest BCUT2D eigenvalue weighted by molar-refractivity contribution is 7.89. The van der Waals surface area contributed by atoms with Gasteiger partial charge >= 0.3 is 0 Å². The standard InChI is InChI=1S/C23H21ClN2O2S/c24-22-12-3-1-10-20(22)17-7-5-9-19(15-17)29(27,28)26-14-6-8-18-16-25-23-13-4-2-11-21(18)23/h1-5,7,9-13,15-16,25-26H,6,8,14H2. The number of sulfonamides is 1. The molecule has 29 heavy (non-hydrogen) atoms. The van der Waals surface area contributed by atoms with Crippen LogP contribution in [0.4, 0.5) is 0 Å². The van der Waals surface area contributed by atoms with Gasteiger partial charge in [0, 0.05) is 34.2 Å². The van der Waals surface area contributed by atoms with Crippen molar-refractivity contribution in [2.45, 2.75) is 17.7 Å². The van der Waals surface area contributed by atoms with Gasteiger partial charge in [0.05, 0.1) is 4.90 Å². The minimum atomic E-state index is -3.59. The minimum Gasteiger partial charge on any atom is -0.361 e. The lowest BCUT2D eigenvalue weighted by molar-refractivity contribution is 0.579. The molecule has 0 unspecified atom stereocenters. The van der Waals surface area contributed by atoms with E-state index in [0.29, 0.717) is 18.0 Å². The summed E-state index contributed by atoms with van der Waals surface area (Å²) < 4.78 is 28.2. The van der Waals surface area contributed by atoms with Gasteiger partial charge in [0.15, 0.2) is 0 Å². The number of aromatic amines is 1. The Morgan fingerprint density at radius 3 is 2.59 bits per heavy atom. The smallest absolute Gasteiger partial charge is 0.240 e. The van der Waals surface area contributed by atoms with E-state index in [2.05, 4.69) is 15.8 Å². The summed E-state index contributed by atoms with van der Waals surface area (Å²) in [6.07, 6.45) is 3.50. The molecule has 4 rings (SSSR count). The van der Waals surface area contributed by atoms with Crippen molar-refractivity contribution in [2.75, 3.05) is 6.54 Å². The monoisotopic (exact) mass is 424 g/mol. The molecule has 4 aromatic rings. The summed E-state index contributed by atoms with van der Waals surface area (Å²) in [6, 6.07) is 22.4. The van der Waals surface area contributed by atoms with E-state index in [4.69, 9.17) is 11.6 Å². The first-order valence-corrected chi connectivity index (χ1v) is 11.3. The first-order chi connectivity index (χ1) is 14.0. The van der Waals surface area contributed by atoms with E-state index in [-0.39, 0.29) is 4.90 Å². The normalized spacial score (nSPS) is 11.8. The zero-order valence-electron chi connectivity index (χ0n) is 15.7. The highest BCUT2D eigenvalue weighted by Gasteiger charge is 2.15. The van der Waals surface area contributed by atoms with Gasteiger partial charge in [-0.3, -0.25) is 0 Å². The van der Waals surface area contributed by atoms with Gasteiger partial charge in [0.1, 0.15) is 0 Å². The molecular formula is C23H21ClN2O2S. The molecule has 6 heteroatoms. The maximum absolute atomic E-state index is 12.7. The van der Waals surface area contributed by atoms with Crippen LogP contribution in [0.2, 0.25) is 5.02 Å². The second-order valence-electron chi connectivity index (χ2n) is 6.87. The molecule has 1 aromatic heterocycles. The van der Waals surface area contributed by atoms with Crippen LogP contribution in [0.25, 0.3) is 22.0 Å². The number of benzene rings is 3. The van der Waals surface area contributed by atoms with Gasteiger partial charge in [0.2, 0.25) is 10.0 Å². The Kier molecular flexibility index (Phi) is 5.72. The first kappa shape index (κ1) is 19.7. The summed E-state index contributed by atoms with van der Waals surface area (Å²) in [5.74, 6) is 0. The summed E-state index contributed by atoms with van der Waals surface area (Å²) in [4.78, 5) is 3.49. The van der Waals surface area contributed by atoms with E-state index in [1.54, 1.807) is 24.3 Å². The number of rotatable bonds is 7. The highest BCUT2D eigenvalue weighted by atomic mass is 35.5. The second-order valence-corrected chi connectivity index (χ2v) is 9.04. The van der Waals surface area contributed by atoms with Crippen LogP contribution in [0.15, 0.2) is 83.9 Å². The lowest BCUT2D eigenvalue weighted by Crippen LogP contribution is -2.25. The topological polar surface area (TPSA) is 62.0 Å². The molecule has 0 spiro atoms. The lowest BCUT2D eigenvalue weighted by atomic mass is 10.1. The lowest BCUT2D eigenvalue weighted by Gasteiger charge is -2.09. The third kappa shape index (κ3) is 4.37. The van der Waals surface area contributed by atoms with Crippen molar-refractivity contribution >= 4 is 32.5 Å². The van der Waals surface area contributed by atoms with Crippen molar-refractivity contribution in [3.63, 3.8) is 0 Å². The van der Waals surface area contributed by atoms with Crippen LogP contribution in [0.3, 0.4) is 0 Å². The van der Waals surface area contributed by atoms with Crippen LogP contribution >= 0.6 is 11.6 Å². The molecule has 0 atom stereocenters. The fourth-order valence-corrected chi connectivity index (χ4v) is 4.80. The number of para-hydroxylation sites is 1. The average Bonchev–Trinajstić information content (AvgIpc) is 3.15. The molecule has 0 aliphatic heterocycles. The van der Waals surface area contributed by atoms with Crippen LogP contribution in [-0.4, -0.2) is 19.9 Å². The molecule has 3 aromatic carbocycles. The Labute approximate surface area is 175 Å². The molecule has 0 saturated carbocycles. The average molecular weight is 425 g/mol. The van der Waals surface area contributed by atoms with Gasteiger partial charge in [-0.2, -0.15) is 0 Å². The molecule has 4 nitrogen and oxygen atoms in total. The fraction of sp³-hybridized carbons (Fsp3) is 0.130. The number of fused-ring (bicyclic) bond motifs is 1. The SMILES string of the molecule is O=S(=O)(NCCCc1c[nH]c2ccccc12)c1cccc(-c2ccccc2Cl)c1. The number of halogens is 1. The van der Waals surface area contributed by atoms with Gasteiger partial charge in [-0.25, -0.2) is 13.1 Å². The molecule has 0 saturated heterocycles. The van der Waals surface area contributed by atoms with Crippen molar-refractivity contribution in [3.05, 3.63) is 89.6 Å². The zero-order chi connectivity index (χ0) is 20.3. The fourth-order valence-electron chi connectivity index (χ4n) is 3.43. The number of nitrogens with one attached hydrogen (secondary N) is 2. The molecule has 0 aliphatic rings. The third-order valence-corrected chi connectivity index (χ3v) is 6.71. The number of hydrogen-bond donors (Lipinski definition) is 2. The Morgan fingerprint density at radius 2 is 1.72 bits per heavy atom. The predicted molar refractivity (Wildman–Crippen MR) is 119 cm³/mol. The molecule has 0 bridgehead atoms. The predicted octanol–water partition coefficient (Wildman–Crippen LogP) is 5.40. The highest BCUT2D eigenvalue weighted by Crippen LogP contribution is 2.29. The van der Waals surface area contributed by atoms with E-state index in [0.717, 1.165) is 23.1 Å². The molecule has 0 fully saturated rings. The van der Waals surface area contributed by atoms with Crippen molar-refractivity contribution in [1.29, 1.82) is 0 Å². The number of hydrogen-bond acceptors (Lipinski definition) is 2. The van der Waals surface area contributed by atoms with Gasteiger partial charge in [-0.1, -0.05) is 60.1 Å². The second kappa shape index (κ2) is 8.41. The molecule has 0 amide bonds. The molecule has 148 valence electrons. The van der Waals surface area contributed by atoms with Gasteiger partial charge < -0.3 is 4.98 Å². The van der Waals surface area contributed by atoms with E-state index in [9.17, 15) is 8.42 Å². The summed E-state index contributed by atoms with van der Waals surface area (Å²) >= 11 is 6.25. The first-order valence-electron chi connectivity index (χ1n) is 9.44. The van der Waals surface area contributed by atoms with E-state index >= 15 is 0 Å². The van der Waals surface area contributed by atoms with Crippen LogP contribution < -0.4 is 4.72 Å². The Morgan fingerprint density at radius 1 is 0.931 bits per heavy atom. The summed E-state index contributed by atoms with van der Waals surface area (Å²) in [6.45, 7) is 0.373. The van der Waals surface area contributed by atoms with Crippen LogP contribution in [0.1, 0.15) is 12.0 Å². The third-order valence-electron chi connectivity index (χ3n) is 4.92. The molecular weight excluding hydrogens is 404 g/mol. The molecule has 1 heterocycles. The van der Waals surface area contributed by atoms with Crippen LogP contribution in [0.5, 0.6) is 0 Å². The molecule has 2 N–H and O–H groups in total. The number of aromatic nitrogens is 1. The summed E-state index contributed by atoms with van der Waals surface area (Å²) in [5, 5.41) is 1.77. The maximum atomic E-state index is 12.7. The zero-order valence-corrected chi connectivity index (χ0v) is 17.3. The van der Waals surface area contributed by atoms with Crippen molar-refractivity contribution in [1.82, 2.24) is 9.71 Å². The van der Waals surface area contributed by atoms with E-state index in [1.165, 1.54) is 10.9 Å².